The van der Waals surface area contributed by atoms with Crippen LogP contribution < -0.4 is 11.1 Å². The number of nitrogens with zero attached hydrogens (tertiary/aromatic N) is 5. The molecule has 0 aliphatic carbocycles. The molecule has 0 saturated carbocycles. The number of pyridine rings is 1. The van der Waals surface area contributed by atoms with Crippen molar-refractivity contribution in [2.75, 3.05) is 18.8 Å². The van der Waals surface area contributed by atoms with Gasteiger partial charge in [0.1, 0.15) is 5.52 Å². The first-order valence-corrected chi connectivity index (χ1v) is 11.5. The molecule has 4 heterocycles. The number of hydrogen-bond acceptors (Lipinski definition) is 5. The van der Waals surface area contributed by atoms with Gasteiger partial charge in [0.05, 0.1) is 24.3 Å². The van der Waals surface area contributed by atoms with Gasteiger partial charge in [-0.2, -0.15) is 10.2 Å². The number of aryl methyl sites for hydroxylation is 1. The van der Waals surface area contributed by atoms with E-state index >= 15 is 0 Å². The number of aromatic nitrogens is 5. The number of nitrogen functional groups attached to an aromatic ring is 1. The Hall–Kier alpha value is -3.71. The number of piperidine rings is 1. The highest BCUT2D eigenvalue weighted by Crippen LogP contribution is 2.29. The molecule has 5 aromatic rings. The molecule has 1 fully saturated rings. The molecule has 7 heteroatoms. The van der Waals surface area contributed by atoms with Crippen molar-refractivity contribution in [3.05, 3.63) is 72.2 Å². The van der Waals surface area contributed by atoms with Crippen LogP contribution in [0.15, 0.2) is 61.1 Å². The van der Waals surface area contributed by atoms with Crippen LogP contribution in [0.5, 0.6) is 0 Å². The van der Waals surface area contributed by atoms with Gasteiger partial charge in [-0.1, -0.05) is 36.4 Å². The van der Waals surface area contributed by atoms with Crippen molar-refractivity contribution in [3.8, 4) is 11.1 Å². The van der Waals surface area contributed by atoms with Crippen LogP contribution >= 0.6 is 0 Å². The summed E-state index contributed by atoms with van der Waals surface area (Å²) >= 11 is 0. The largest absolute Gasteiger partial charge is 0.380 e. The fourth-order valence-electron chi connectivity index (χ4n) is 4.92. The van der Waals surface area contributed by atoms with Crippen molar-refractivity contribution in [2.24, 2.45) is 0 Å². The summed E-state index contributed by atoms with van der Waals surface area (Å²) in [6.45, 7) is 4.87. The maximum absolute atomic E-state index is 6.25. The lowest BCUT2D eigenvalue weighted by Gasteiger charge is -2.22. The van der Waals surface area contributed by atoms with Crippen LogP contribution in [0, 0.1) is 6.92 Å². The van der Waals surface area contributed by atoms with Crippen molar-refractivity contribution < 1.29 is 0 Å². The molecule has 1 saturated heterocycles. The Bertz CT molecular complexity index is 1460. The van der Waals surface area contributed by atoms with Crippen molar-refractivity contribution >= 4 is 27.6 Å². The number of benzene rings is 2. The molecule has 1 aliphatic heterocycles. The lowest BCUT2D eigenvalue weighted by molar-refractivity contribution is 0.343. The van der Waals surface area contributed by atoms with Gasteiger partial charge < -0.3 is 11.1 Å². The van der Waals surface area contributed by atoms with Gasteiger partial charge in [-0.15, -0.1) is 0 Å². The molecule has 6 rings (SSSR count). The van der Waals surface area contributed by atoms with E-state index in [1.165, 1.54) is 21.9 Å². The molecular weight excluding hydrogens is 410 g/mol. The highest BCUT2D eigenvalue weighted by atomic mass is 15.3. The van der Waals surface area contributed by atoms with Crippen molar-refractivity contribution in [1.29, 1.82) is 0 Å². The van der Waals surface area contributed by atoms with E-state index in [2.05, 4.69) is 80.8 Å². The normalized spacial score (nSPS) is 14.9. The molecule has 1 aliphatic rings. The Balaban J connectivity index is 1.39. The first kappa shape index (κ1) is 19.9. The molecule has 0 spiro atoms. The van der Waals surface area contributed by atoms with Crippen LogP contribution in [0.2, 0.25) is 0 Å². The maximum atomic E-state index is 6.25. The number of nitrogens with one attached hydrogen (secondary N) is 1. The van der Waals surface area contributed by atoms with E-state index in [9.17, 15) is 0 Å². The van der Waals surface area contributed by atoms with Crippen LogP contribution in [-0.4, -0.2) is 37.6 Å². The number of anilines is 1. The molecule has 166 valence electrons. The summed E-state index contributed by atoms with van der Waals surface area (Å²) in [6, 6.07) is 15.4. The lowest BCUT2D eigenvalue weighted by Crippen LogP contribution is -2.29. The van der Waals surface area contributed by atoms with Gasteiger partial charge in [-0.3, -0.25) is 14.3 Å². The van der Waals surface area contributed by atoms with Crippen LogP contribution in [0.25, 0.3) is 32.9 Å². The van der Waals surface area contributed by atoms with E-state index in [1.54, 1.807) is 0 Å². The maximum Gasteiger partial charge on any atom is 0.172 e. The standard InChI is InChI=1S/C26H27N7/c1-17-6-7-18-4-2-3-5-22(18)23(17)16-33-24-12-19(13-29-25(24)26(27)31-33)20-14-30-32(15-20)21-8-10-28-11-9-21/h2-7,12-15,21,28H,8-11,16H2,1H3,(H2,27,31). The zero-order valence-corrected chi connectivity index (χ0v) is 18.7. The predicted molar refractivity (Wildman–Crippen MR) is 132 cm³/mol. The smallest absolute Gasteiger partial charge is 0.172 e. The lowest BCUT2D eigenvalue weighted by atomic mass is 10.00. The molecule has 2 aromatic carbocycles. The van der Waals surface area contributed by atoms with E-state index in [1.807, 2.05) is 17.1 Å². The first-order valence-electron chi connectivity index (χ1n) is 11.5. The number of fused-ring (bicyclic) bond motifs is 2. The molecule has 3 N–H and O–H groups in total. The second kappa shape index (κ2) is 8.01. The summed E-state index contributed by atoms with van der Waals surface area (Å²) < 4.78 is 4.08. The predicted octanol–water partition coefficient (Wildman–Crippen LogP) is 4.31. The van der Waals surface area contributed by atoms with E-state index in [0.717, 1.165) is 48.1 Å². The van der Waals surface area contributed by atoms with Gasteiger partial charge in [-0.05, 0) is 60.8 Å². The van der Waals surface area contributed by atoms with E-state index in [4.69, 9.17) is 5.73 Å². The van der Waals surface area contributed by atoms with Crippen LogP contribution in [0.3, 0.4) is 0 Å². The summed E-state index contributed by atoms with van der Waals surface area (Å²) in [5.41, 5.74) is 12.5. The summed E-state index contributed by atoms with van der Waals surface area (Å²) in [5.74, 6) is 0.458. The molecule has 3 aromatic heterocycles. The second-order valence-electron chi connectivity index (χ2n) is 8.91. The van der Waals surface area contributed by atoms with Gasteiger partial charge in [0.15, 0.2) is 5.82 Å². The van der Waals surface area contributed by atoms with Gasteiger partial charge >= 0.3 is 0 Å². The highest BCUT2D eigenvalue weighted by molar-refractivity contribution is 5.89. The number of nitrogens with two attached hydrogens (primary N) is 1. The van der Waals surface area contributed by atoms with Crippen LogP contribution in [-0.2, 0) is 6.54 Å². The Kier molecular flexibility index (Phi) is 4.84. The van der Waals surface area contributed by atoms with Crippen molar-refractivity contribution in [2.45, 2.75) is 32.4 Å². The minimum Gasteiger partial charge on any atom is -0.380 e. The molecule has 0 unspecified atom stereocenters. The average molecular weight is 438 g/mol. The Morgan fingerprint density at radius 3 is 2.79 bits per heavy atom. The molecule has 33 heavy (non-hydrogen) atoms. The minimum atomic E-state index is 0.451. The van der Waals surface area contributed by atoms with Crippen LogP contribution in [0.4, 0.5) is 5.82 Å². The van der Waals surface area contributed by atoms with E-state index in [0.29, 0.717) is 18.4 Å². The molecule has 0 bridgehead atoms. The zero-order chi connectivity index (χ0) is 22.4. The Labute approximate surface area is 192 Å². The Morgan fingerprint density at radius 1 is 1.06 bits per heavy atom. The molecule has 0 amide bonds. The van der Waals surface area contributed by atoms with Gasteiger partial charge in [0.25, 0.3) is 0 Å². The monoisotopic (exact) mass is 437 g/mol. The third-order valence-corrected chi connectivity index (χ3v) is 6.82. The number of hydrogen-bond donors (Lipinski definition) is 2. The summed E-state index contributed by atoms with van der Waals surface area (Å²) in [4.78, 5) is 4.67. The third kappa shape index (κ3) is 3.54. The summed E-state index contributed by atoms with van der Waals surface area (Å²) in [5, 5.41) is 15.2. The molecule has 7 nitrogen and oxygen atoms in total. The first-order chi connectivity index (χ1) is 16.2. The molecule has 0 atom stereocenters. The van der Waals surface area contributed by atoms with E-state index in [-0.39, 0.29) is 0 Å². The van der Waals surface area contributed by atoms with Crippen molar-refractivity contribution in [3.63, 3.8) is 0 Å². The van der Waals surface area contributed by atoms with Crippen molar-refractivity contribution in [1.82, 2.24) is 29.9 Å². The second-order valence-corrected chi connectivity index (χ2v) is 8.91. The minimum absolute atomic E-state index is 0.451. The average Bonchev–Trinajstić information content (AvgIpc) is 3.47. The van der Waals surface area contributed by atoms with E-state index < -0.39 is 0 Å². The molecular formula is C26H27N7. The zero-order valence-electron chi connectivity index (χ0n) is 18.7. The summed E-state index contributed by atoms with van der Waals surface area (Å²) in [6.07, 6.45) is 8.15. The Morgan fingerprint density at radius 2 is 1.91 bits per heavy atom. The van der Waals surface area contributed by atoms with Crippen LogP contribution in [0.1, 0.15) is 30.0 Å². The van der Waals surface area contributed by atoms with Gasteiger partial charge in [0, 0.05) is 23.5 Å². The topological polar surface area (TPSA) is 86.6 Å². The quantitative estimate of drug-likeness (QED) is 0.437. The third-order valence-electron chi connectivity index (χ3n) is 6.82. The van der Waals surface area contributed by atoms with Gasteiger partial charge in [-0.25, -0.2) is 0 Å². The SMILES string of the molecule is Cc1ccc2ccccc2c1Cn1nc(N)c2ncc(-c3cnn(C4CCNCC4)c3)cc21. The fourth-order valence-corrected chi connectivity index (χ4v) is 4.92. The molecule has 0 radical (unpaired) electrons. The highest BCUT2D eigenvalue weighted by Gasteiger charge is 2.18. The van der Waals surface area contributed by atoms with Gasteiger partial charge in [0.2, 0.25) is 0 Å². The number of rotatable bonds is 4. The fraction of sp³-hybridized carbons (Fsp3) is 0.269. The summed E-state index contributed by atoms with van der Waals surface area (Å²) in [7, 11) is 0.